The molecule has 21 heavy (non-hydrogen) atoms. The molecule has 2 rings (SSSR count). The summed E-state index contributed by atoms with van der Waals surface area (Å²) >= 11 is 5.97. The van der Waals surface area contributed by atoms with E-state index in [0.29, 0.717) is 5.75 Å². The van der Waals surface area contributed by atoms with Crippen LogP contribution in [0.15, 0.2) is 53.4 Å². The van der Waals surface area contributed by atoms with Gasteiger partial charge < -0.3 is 4.74 Å². The van der Waals surface area contributed by atoms with Crippen molar-refractivity contribution in [3.05, 3.63) is 59.1 Å². The molecule has 1 N–H and O–H groups in total. The minimum atomic E-state index is -3.65. The summed E-state index contributed by atoms with van der Waals surface area (Å²) < 4.78 is 32.4. The average Bonchev–Trinajstić information content (AvgIpc) is 2.47. The minimum absolute atomic E-state index is 0.107. The highest BCUT2D eigenvalue weighted by molar-refractivity contribution is 7.89. The molecule has 0 saturated carbocycles. The molecule has 2 aromatic rings. The molecule has 0 radical (unpaired) electrons. The summed E-state index contributed by atoms with van der Waals surface area (Å²) in [7, 11) is -2.17. The third-order valence-electron chi connectivity index (χ3n) is 3.07. The second-order valence-electron chi connectivity index (χ2n) is 4.55. The van der Waals surface area contributed by atoms with Gasteiger partial charge in [0.05, 0.1) is 17.0 Å². The van der Waals surface area contributed by atoms with Crippen LogP contribution in [0, 0.1) is 0 Å². The van der Waals surface area contributed by atoms with Gasteiger partial charge in [-0.1, -0.05) is 41.9 Å². The van der Waals surface area contributed by atoms with Gasteiger partial charge in [-0.05, 0) is 30.7 Å². The van der Waals surface area contributed by atoms with Crippen molar-refractivity contribution >= 4 is 21.6 Å². The zero-order chi connectivity index (χ0) is 15.5. The first-order chi connectivity index (χ1) is 9.94. The number of sulfonamides is 1. The van der Waals surface area contributed by atoms with Crippen LogP contribution in [-0.2, 0) is 10.0 Å². The highest BCUT2D eigenvalue weighted by Crippen LogP contribution is 2.27. The molecule has 1 atom stereocenters. The van der Waals surface area contributed by atoms with Crippen LogP contribution in [0.1, 0.15) is 18.5 Å². The Bertz CT molecular complexity index is 717. The van der Waals surface area contributed by atoms with Crippen LogP contribution in [0.4, 0.5) is 0 Å². The van der Waals surface area contributed by atoms with Gasteiger partial charge in [-0.3, -0.25) is 0 Å². The monoisotopic (exact) mass is 325 g/mol. The van der Waals surface area contributed by atoms with Crippen molar-refractivity contribution in [2.24, 2.45) is 0 Å². The van der Waals surface area contributed by atoms with E-state index < -0.39 is 10.0 Å². The fraction of sp³-hybridized carbons (Fsp3) is 0.200. The summed E-state index contributed by atoms with van der Waals surface area (Å²) in [4.78, 5) is 0.107. The first-order valence-corrected chi connectivity index (χ1v) is 8.21. The lowest BCUT2D eigenvalue weighted by molar-refractivity contribution is 0.414. The van der Waals surface area contributed by atoms with E-state index in [4.69, 9.17) is 16.3 Å². The summed E-state index contributed by atoms with van der Waals surface area (Å²) in [5.74, 6) is 0.437. The molecule has 0 aliphatic carbocycles. The number of nitrogens with one attached hydrogen (secondary N) is 1. The van der Waals surface area contributed by atoms with E-state index in [1.807, 2.05) is 30.3 Å². The molecule has 0 fully saturated rings. The van der Waals surface area contributed by atoms with Crippen LogP contribution >= 0.6 is 11.6 Å². The number of benzene rings is 2. The molecule has 6 heteroatoms. The third kappa shape index (κ3) is 3.75. The van der Waals surface area contributed by atoms with Crippen LogP contribution in [0.25, 0.3) is 0 Å². The molecule has 0 heterocycles. The maximum atomic E-state index is 12.4. The van der Waals surface area contributed by atoms with Gasteiger partial charge in [0.15, 0.2) is 0 Å². The predicted octanol–water partition coefficient (Wildman–Crippen LogP) is 3.39. The van der Waals surface area contributed by atoms with E-state index in [-0.39, 0.29) is 16.0 Å². The molecule has 0 aliphatic heterocycles. The molecule has 2 aromatic carbocycles. The molecule has 0 amide bonds. The van der Waals surface area contributed by atoms with Crippen LogP contribution in [0.3, 0.4) is 0 Å². The van der Waals surface area contributed by atoms with Gasteiger partial charge in [-0.2, -0.15) is 0 Å². The Morgan fingerprint density at radius 1 is 1.14 bits per heavy atom. The Morgan fingerprint density at radius 2 is 1.81 bits per heavy atom. The summed E-state index contributed by atoms with van der Waals surface area (Å²) in [6.45, 7) is 1.79. The summed E-state index contributed by atoms with van der Waals surface area (Å²) in [5, 5.41) is 0.257. The Kier molecular flexibility index (Phi) is 4.88. The number of hydrogen-bond donors (Lipinski definition) is 1. The smallest absolute Gasteiger partial charge is 0.241 e. The highest BCUT2D eigenvalue weighted by Gasteiger charge is 2.19. The van der Waals surface area contributed by atoms with Gasteiger partial charge in [-0.25, -0.2) is 13.1 Å². The second kappa shape index (κ2) is 6.47. The van der Waals surface area contributed by atoms with Gasteiger partial charge in [0, 0.05) is 6.04 Å². The van der Waals surface area contributed by atoms with Crippen molar-refractivity contribution in [3.63, 3.8) is 0 Å². The zero-order valence-electron chi connectivity index (χ0n) is 11.7. The van der Waals surface area contributed by atoms with Crippen molar-refractivity contribution in [1.29, 1.82) is 0 Å². The Balaban J connectivity index is 2.24. The molecule has 0 aliphatic rings. The van der Waals surface area contributed by atoms with Crippen molar-refractivity contribution < 1.29 is 13.2 Å². The lowest BCUT2D eigenvalue weighted by Crippen LogP contribution is -2.26. The van der Waals surface area contributed by atoms with Crippen LogP contribution in [0.2, 0.25) is 5.02 Å². The van der Waals surface area contributed by atoms with Crippen molar-refractivity contribution in [2.45, 2.75) is 17.9 Å². The molecule has 0 aromatic heterocycles. The first kappa shape index (κ1) is 15.8. The van der Waals surface area contributed by atoms with Gasteiger partial charge in [0.2, 0.25) is 10.0 Å². The van der Waals surface area contributed by atoms with Crippen molar-refractivity contribution in [1.82, 2.24) is 4.72 Å². The standard InChI is InChI=1S/C15H16ClNO3S/c1-11(12-6-4-3-5-7-12)17-21(18,19)13-8-9-15(20-2)14(16)10-13/h3-11,17H,1-2H3. The molecule has 1 unspecified atom stereocenters. The van der Waals surface area contributed by atoms with Crippen LogP contribution in [0.5, 0.6) is 5.75 Å². The number of ether oxygens (including phenoxy) is 1. The van der Waals surface area contributed by atoms with Crippen molar-refractivity contribution in [3.8, 4) is 5.75 Å². The van der Waals surface area contributed by atoms with E-state index >= 15 is 0 Å². The molecular formula is C15H16ClNO3S. The number of rotatable bonds is 5. The second-order valence-corrected chi connectivity index (χ2v) is 6.67. The summed E-state index contributed by atoms with van der Waals surface area (Å²) in [6, 6.07) is 13.4. The topological polar surface area (TPSA) is 55.4 Å². The van der Waals surface area contributed by atoms with E-state index in [0.717, 1.165) is 5.56 Å². The van der Waals surface area contributed by atoms with Gasteiger partial charge in [-0.15, -0.1) is 0 Å². The molecule has 0 spiro atoms. The molecule has 4 nitrogen and oxygen atoms in total. The number of methoxy groups -OCH3 is 1. The zero-order valence-corrected chi connectivity index (χ0v) is 13.3. The maximum Gasteiger partial charge on any atom is 0.241 e. The van der Waals surface area contributed by atoms with Gasteiger partial charge >= 0.3 is 0 Å². The van der Waals surface area contributed by atoms with Gasteiger partial charge in [0.25, 0.3) is 0 Å². The predicted molar refractivity (Wildman–Crippen MR) is 83.2 cm³/mol. The minimum Gasteiger partial charge on any atom is -0.495 e. The van der Waals surface area contributed by atoms with E-state index in [2.05, 4.69) is 4.72 Å². The highest BCUT2D eigenvalue weighted by atomic mass is 35.5. The average molecular weight is 326 g/mol. The molecular weight excluding hydrogens is 310 g/mol. The Morgan fingerprint density at radius 3 is 2.38 bits per heavy atom. The summed E-state index contributed by atoms with van der Waals surface area (Å²) in [5.41, 5.74) is 0.890. The fourth-order valence-corrected chi connectivity index (χ4v) is 3.50. The van der Waals surface area contributed by atoms with Crippen LogP contribution in [-0.4, -0.2) is 15.5 Å². The van der Waals surface area contributed by atoms with Crippen LogP contribution < -0.4 is 9.46 Å². The largest absolute Gasteiger partial charge is 0.495 e. The molecule has 0 bridgehead atoms. The van der Waals surface area contributed by atoms with E-state index in [1.54, 1.807) is 6.92 Å². The van der Waals surface area contributed by atoms with Crippen molar-refractivity contribution in [2.75, 3.05) is 7.11 Å². The Labute approximate surface area is 129 Å². The lowest BCUT2D eigenvalue weighted by Gasteiger charge is -2.15. The van der Waals surface area contributed by atoms with Gasteiger partial charge in [0.1, 0.15) is 5.75 Å². The summed E-state index contributed by atoms with van der Waals surface area (Å²) in [6.07, 6.45) is 0. The molecule has 0 saturated heterocycles. The maximum absolute atomic E-state index is 12.4. The SMILES string of the molecule is COc1ccc(S(=O)(=O)NC(C)c2ccccc2)cc1Cl. The van der Waals surface area contributed by atoms with E-state index in [1.165, 1.54) is 25.3 Å². The normalized spacial score (nSPS) is 12.9. The Hall–Kier alpha value is -1.56. The quantitative estimate of drug-likeness (QED) is 0.916. The number of halogens is 1. The fourth-order valence-electron chi connectivity index (χ4n) is 1.92. The molecule has 112 valence electrons. The number of hydrogen-bond acceptors (Lipinski definition) is 3. The van der Waals surface area contributed by atoms with E-state index in [9.17, 15) is 8.42 Å². The third-order valence-corrected chi connectivity index (χ3v) is 4.90. The lowest BCUT2D eigenvalue weighted by atomic mass is 10.1. The first-order valence-electron chi connectivity index (χ1n) is 6.35.